The van der Waals surface area contributed by atoms with Gasteiger partial charge in [0.1, 0.15) is 0 Å². The molecule has 1 aliphatic heterocycles. The van der Waals surface area contributed by atoms with E-state index in [-0.39, 0.29) is 0 Å². The van der Waals surface area contributed by atoms with Crippen LogP contribution in [0.25, 0.3) is 5.76 Å². The number of aromatic nitrogens is 1. The number of aliphatic hydroxyl groups excluding tert-OH is 1. The molecule has 1 N–H and O–H groups in total. The first-order chi connectivity index (χ1) is 5.29. The van der Waals surface area contributed by atoms with Crippen molar-refractivity contribution in [1.29, 1.82) is 0 Å². The van der Waals surface area contributed by atoms with Gasteiger partial charge in [-0.3, -0.25) is 0 Å². The predicted molar refractivity (Wildman–Crippen MR) is 43.9 cm³/mol. The van der Waals surface area contributed by atoms with Gasteiger partial charge < -0.3 is 5.11 Å². The first kappa shape index (κ1) is 7.13. The van der Waals surface area contributed by atoms with Crippen LogP contribution in [-0.4, -0.2) is 5.11 Å². The van der Waals surface area contributed by atoms with E-state index in [1.165, 1.54) is 11.3 Å². The Morgan fingerprint density at radius 1 is 1.55 bits per heavy atom. The van der Waals surface area contributed by atoms with Crippen molar-refractivity contribution in [3.05, 3.63) is 21.4 Å². The first-order valence-electron chi connectivity index (χ1n) is 3.35. The molecule has 1 aromatic rings. The Hall–Kier alpha value is -0.540. The summed E-state index contributed by atoms with van der Waals surface area (Å²) in [7, 11) is 0. The maximum atomic E-state index is 9.40. The summed E-state index contributed by atoms with van der Waals surface area (Å²) < 4.78 is 2.69. The van der Waals surface area contributed by atoms with E-state index in [4.69, 9.17) is 11.6 Å². The average Bonchev–Trinajstić information content (AvgIpc) is 2.45. The van der Waals surface area contributed by atoms with Crippen molar-refractivity contribution in [3.8, 4) is 0 Å². The van der Waals surface area contributed by atoms with E-state index < -0.39 is 0 Å². The number of hydrogen-bond acceptors (Lipinski definition) is 2. The Morgan fingerprint density at radius 2 is 2.36 bits per heavy atom. The number of fused-ring (bicyclic) bond motifs is 1. The third kappa shape index (κ3) is 1.04. The largest absolute Gasteiger partial charge is 0.505 e. The zero-order valence-electron chi connectivity index (χ0n) is 5.75. The lowest BCUT2D eigenvalue weighted by atomic mass is 10.2. The van der Waals surface area contributed by atoms with Gasteiger partial charge in [0.15, 0.2) is 12.0 Å². The Kier molecular flexibility index (Phi) is 1.62. The van der Waals surface area contributed by atoms with E-state index in [1.807, 2.05) is 15.8 Å². The SMILES string of the molecule is OC1=c2scc[n+]2=C(Cl)CC1. The van der Waals surface area contributed by atoms with Crippen LogP contribution in [-0.2, 0) is 0 Å². The van der Waals surface area contributed by atoms with Crippen molar-refractivity contribution in [3.63, 3.8) is 0 Å². The summed E-state index contributed by atoms with van der Waals surface area (Å²) in [4.78, 5) is 0. The molecule has 0 amide bonds. The third-order valence-corrected chi connectivity index (χ3v) is 2.97. The summed E-state index contributed by atoms with van der Waals surface area (Å²) >= 11 is 7.42. The fourth-order valence-electron chi connectivity index (χ4n) is 1.13. The molecule has 1 aliphatic rings. The molecule has 2 heterocycles. The topological polar surface area (TPSA) is 26.1 Å². The van der Waals surface area contributed by atoms with Gasteiger partial charge >= 0.3 is 4.66 Å². The van der Waals surface area contributed by atoms with E-state index in [0.29, 0.717) is 12.2 Å². The Bertz CT molecular complexity index is 358. The summed E-state index contributed by atoms with van der Waals surface area (Å²) in [6, 6.07) is 0. The van der Waals surface area contributed by atoms with Gasteiger partial charge in [0.25, 0.3) is 5.17 Å². The van der Waals surface area contributed by atoms with Crippen LogP contribution in [0.5, 0.6) is 0 Å². The van der Waals surface area contributed by atoms with Crippen LogP contribution in [0.4, 0.5) is 0 Å². The molecule has 0 aromatic carbocycles. The van der Waals surface area contributed by atoms with Crippen LogP contribution < -0.4 is 8.91 Å². The fourth-order valence-corrected chi connectivity index (χ4v) is 2.25. The Balaban J connectivity index is 2.95. The molecule has 0 radical (unpaired) electrons. The van der Waals surface area contributed by atoms with Crippen molar-refractivity contribution in [2.45, 2.75) is 12.8 Å². The van der Waals surface area contributed by atoms with Gasteiger partial charge in [0.2, 0.25) is 0 Å². The minimum atomic E-state index is 0.449. The summed E-state index contributed by atoms with van der Waals surface area (Å²) in [5, 5.41) is 12.1. The molecule has 0 spiro atoms. The Morgan fingerprint density at radius 3 is 3.09 bits per heavy atom. The summed E-state index contributed by atoms with van der Waals surface area (Å²) in [6.07, 6.45) is 3.28. The second kappa shape index (κ2) is 2.50. The molecule has 4 heteroatoms. The molecule has 2 nitrogen and oxygen atoms in total. The van der Waals surface area contributed by atoms with Gasteiger partial charge in [0, 0.05) is 6.42 Å². The average molecular weight is 189 g/mol. The normalized spacial score (nSPS) is 16.8. The lowest BCUT2D eigenvalue weighted by Gasteiger charge is -1.96. The van der Waals surface area contributed by atoms with Crippen molar-refractivity contribution >= 4 is 28.7 Å². The molecule has 11 heavy (non-hydrogen) atoms. The second-order valence-corrected chi connectivity index (χ2v) is 3.73. The minimum absolute atomic E-state index is 0.449. The predicted octanol–water partition coefficient (Wildman–Crippen LogP) is 1.07. The van der Waals surface area contributed by atoms with Crippen LogP contribution >= 0.6 is 22.9 Å². The van der Waals surface area contributed by atoms with Crippen molar-refractivity contribution < 1.29 is 9.35 Å². The summed E-state index contributed by atoms with van der Waals surface area (Å²) in [6.45, 7) is 0. The molecule has 58 valence electrons. The minimum Gasteiger partial charge on any atom is -0.505 e. The van der Waals surface area contributed by atoms with E-state index in [1.54, 1.807) is 0 Å². The zero-order valence-corrected chi connectivity index (χ0v) is 7.32. The van der Waals surface area contributed by atoms with Crippen LogP contribution in [0.2, 0.25) is 0 Å². The van der Waals surface area contributed by atoms with Crippen LogP contribution in [0.15, 0.2) is 11.6 Å². The molecule has 1 aromatic heterocycles. The van der Waals surface area contributed by atoms with Gasteiger partial charge in [-0.15, -0.1) is 4.24 Å². The number of rotatable bonds is 0. The summed E-state index contributed by atoms with van der Waals surface area (Å²) in [5.41, 5.74) is 0. The van der Waals surface area contributed by atoms with E-state index in [2.05, 4.69) is 0 Å². The van der Waals surface area contributed by atoms with Gasteiger partial charge in [-0.25, -0.2) is 0 Å². The number of halogens is 1. The highest BCUT2D eigenvalue weighted by Gasteiger charge is 2.17. The maximum absolute atomic E-state index is 9.40. The number of hydrogen-bond donors (Lipinski definition) is 1. The van der Waals surface area contributed by atoms with E-state index in [0.717, 1.165) is 16.3 Å². The van der Waals surface area contributed by atoms with Crippen molar-refractivity contribution in [2.24, 2.45) is 0 Å². The molecule has 0 fully saturated rings. The number of nitrogens with zero attached hydrogens (tertiary/aromatic N) is 1. The molecule has 0 bridgehead atoms. The molecular weight excluding hydrogens is 182 g/mol. The molecule has 0 unspecified atom stereocenters. The molecule has 0 atom stereocenters. The van der Waals surface area contributed by atoms with Gasteiger partial charge in [-0.05, 0) is 11.6 Å². The highest BCUT2D eigenvalue weighted by atomic mass is 35.5. The van der Waals surface area contributed by atoms with E-state index >= 15 is 0 Å². The van der Waals surface area contributed by atoms with Crippen molar-refractivity contribution in [2.75, 3.05) is 0 Å². The number of thiazole rings is 1. The number of aliphatic hydroxyl groups is 1. The van der Waals surface area contributed by atoms with Gasteiger partial charge in [0.05, 0.1) is 11.8 Å². The monoisotopic (exact) mass is 188 g/mol. The lowest BCUT2D eigenvalue weighted by molar-refractivity contribution is -0.528. The quantitative estimate of drug-likeness (QED) is 0.606. The van der Waals surface area contributed by atoms with Crippen LogP contribution in [0.3, 0.4) is 0 Å². The highest BCUT2D eigenvalue weighted by Crippen LogP contribution is 2.11. The maximum Gasteiger partial charge on any atom is 0.306 e. The second-order valence-electron chi connectivity index (χ2n) is 2.40. The third-order valence-electron chi connectivity index (χ3n) is 1.68. The molecule has 0 saturated heterocycles. The van der Waals surface area contributed by atoms with Gasteiger partial charge in [-0.2, -0.15) is 0 Å². The molecular formula is C7H7ClNOS+. The molecule has 0 saturated carbocycles. The van der Waals surface area contributed by atoms with Gasteiger partial charge in [-0.1, -0.05) is 11.3 Å². The van der Waals surface area contributed by atoms with Crippen molar-refractivity contribution in [1.82, 2.24) is 0 Å². The van der Waals surface area contributed by atoms with Crippen LogP contribution in [0, 0.1) is 5.17 Å². The summed E-state index contributed by atoms with van der Waals surface area (Å²) in [5.74, 6) is 0.449. The highest BCUT2D eigenvalue weighted by molar-refractivity contribution is 7.07. The standard InChI is InChI=1S/C7H6ClNOS/c8-6-2-1-5(10)7-9(6)3-4-11-7/h3-4H,1-2H2/p+1. The zero-order chi connectivity index (χ0) is 7.84. The first-order valence-corrected chi connectivity index (χ1v) is 4.61. The molecule has 2 rings (SSSR count). The molecule has 0 aliphatic carbocycles. The fraction of sp³-hybridized carbons (Fsp3) is 0.286. The Labute approximate surface area is 72.7 Å². The van der Waals surface area contributed by atoms with E-state index in [9.17, 15) is 5.11 Å². The smallest absolute Gasteiger partial charge is 0.306 e. The van der Waals surface area contributed by atoms with Crippen LogP contribution in [0.1, 0.15) is 12.8 Å². The lowest BCUT2D eigenvalue weighted by Crippen LogP contribution is -2.38.